The standard InChI is InChI=1S/C26H32O5/c27-23-19-13-7-8-14-21(19)29-22-15-26(28-16-20(22)23)30-24(17-9-3-1-4-10-17)25(31-26)18-11-5-2-6-12-18/h7-8,13-14,16-18,22,24-25H,1-6,9-12,15H2/t22-,24-,25-/m0/s1. The smallest absolute Gasteiger partial charge is 0.331 e. The van der Waals surface area contributed by atoms with Crippen molar-refractivity contribution in [1.29, 1.82) is 0 Å². The molecular weight excluding hydrogens is 392 g/mol. The lowest BCUT2D eigenvalue weighted by molar-refractivity contribution is -0.336. The van der Waals surface area contributed by atoms with Gasteiger partial charge in [-0.1, -0.05) is 50.7 Å². The SMILES string of the molecule is O=C1C2=COC3(C[C@@H]2Oc2ccccc21)O[C@@H](C1CCCCC1)[C@H](C1CCCCC1)O3. The number of ketones is 1. The van der Waals surface area contributed by atoms with Gasteiger partial charge in [0.05, 0.1) is 29.8 Å². The number of rotatable bonds is 2. The van der Waals surface area contributed by atoms with E-state index in [1.165, 1.54) is 64.2 Å². The highest BCUT2D eigenvalue weighted by atomic mass is 16.9. The number of fused-ring (bicyclic) bond motifs is 2. The number of Topliss-reactive ketones (excluding diaryl/α,β-unsaturated/α-hetero) is 1. The molecule has 0 aromatic heterocycles. The zero-order chi connectivity index (χ0) is 20.8. The van der Waals surface area contributed by atoms with Crippen LogP contribution in [0.4, 0.5) is 0 Å². The molecule has 6 rings (SSSR count). The Morgan fingerprint density at radius 2 is 1.42 bits per heavy atom. The van der Waals surface area contributed by atoms with Crippen LogP contribution in [0.3, 0.4) is 0 Å². The van der Waals surface area contributed by atoms with Crippen molar-refractivity contribution in [3.8, 4) is 5.75 Å². The molecule has 2 saturated carbocycles. The van der Waals surface area contributed by atoms with Gasteiger partial charge in [0, 0.05) is 0 Å². The number of hydrogen-bond donors (Lipinski definition) is 0. The molecule has 5 aliphatic rings. The average Bonchev–Trinajstić information content (AvgIpc) is 3.19. The monoisotopic (exact) mass is 424 g/mol. The Kier molecular flexibility index (Phi) is 5.07. The number of hydrogen-bond acceptors (Lipinski definition) is 5. The fraction of sp³-hybridized carbons (Fsp3) is 0.654. The van der Waals surface area contributed by atoms with Gasteiger partial charge in [-0.2, -0.15) is 0 Å². The molecule has 3 fully saturated rings. The zero-order valence-electron chi connectivity index (χ0n) is 18.1. The van der Waals surface area contributed by atoms with Gasteiger partial charge in [0.25, 0.3) is 0 Å². The zero-order valence-corrected chi connectivity index (χ0v) is 18.1. The van der Waals surface area contributed by atoms with Crippen molar-refractivity contribution in [1.82, 2.24) is 0 Å². The van der Waals surface area contributed by atoms with Crippen molar-refractivity contribution in [2.24, 2.45) is 11.8 Å². The highest BCUT2D eigenvalue weighted by molar-refractivity contribution is 6.12. The van der Waals surface area contributed by atoms with Crippen LogP contribution in [0.1, 0.15) is 81.0 Å². The molecule has 1 saturated heterocycles. The molecule has 3 aliphatic heterocycles. The minimum atomic E-state index is -1.13. The first-order valence-electron chi connectivity index (χ1n) is 12.3. The van der Waals surface area contributed by atoms with E-state index in [4.69, 9.17) is 18.9 Å². The second-order valence-corrected chi connectivity index (χ2v) is 9.97. The van der Waals surface area contributed by atoms with Gasteiger partial charge in [0.15, 0.2) is 5.78 Å². The Labute approximate surface area is 184 Å². The van der Waals surface area contributed by atoms with Crippen LogP contribution in [0.25, 0.3) is 0 Å². The molecule has 0 amide bonds. The largest absolute Gasteiger partial charge is 0.484 e. The van der Waals surface area contributed by atoms with Crippen LogP contribution in [0.2, 0.25) is 0 Å². The first-order chi connectivity index (χ1) is 15.2. The maximum atomic E-state index is 13.0. The first-order valence-corrected chi connectivity index (χ1v) is 12.3. The summed E-state index contributed by atoms with van der Waals surface area (Å²) in [5.41, 5.74) is 1.16. The Hall–Kier alpha value is -1.85. The molecule has 0 N–H and O–H groups in total. The Bertz CT molecular complexity index is 838. The summed E-state index contributed by atoms with van der Waals surface area (Å²) in [4.78, 5) is 13.0. The van der Waals surface area contributed by atoms with Crippen LogP contribution in [0.5, 0.6) is 5.75 Å². The fourth-order valence-electron chi connectivity index (χ4n) is 6.37. The number of ether oxygens (including phenoxy) is 4. The number of para-hydroxylation sites is 1. The molecule has 3 heterocycles. The van der Waals surface area contributed by atoms with Crippen LogP contribution >= 0.6 is 0 Å². The van der Waals surface area contributed by atoms with Gasteiger partial charge < -0.3 is 18.9 Å². The van der Waals surface area contributed by atoms with E-state index in [2.05, 4.69) is 0 Å². The Balaban J connectivity index is 1.28. The molecule has 31 heavy (non-hydrogen) atoms. The number of carbonyl (C=O) groups excluding carboxylic acids is 1. The van der Waals surface area contributed by atoms with Crippen molar-refractivity contribution in [3.63, 3.8) is 0 Å². The summed E-state index contributed by atoms with van der Waals surface area (Å²) < 4.78 is 25.7. The minimum absolute atomic E-state index is 0.0210. The summed E-state index contributed by atoms with van der Waals surface area (Å²) in [6.07, 6.45) is 14.3. The predicted molar refractivity (Wildman–Crippen MR) is 115 cm³/mol. The van der Waals surface area contributed by atoms with Crippen LogP contribution in [-0.4, -0.2) is 30.1 Å². The van der Waals surface area contributed by atoms with E-state index in [0.717, 1.165) is 0 Å². The molecule has 0 radical (unpaired) electrons. The normalized spacial score (nSPS) is 33.2. The second-order valence-electron chi connectivity index (χ2n) is 9.97. The minimum Gasteiger partial charge on any atom is -0.484 e. The molecule has 1 spiro atoms. The van der Waals surface area contributed by atoms with E-state index in [1.54, 1.807) is 12.3 Å². The molecule has 1 aromatic carbocycles. The van der Waals surface area contributed by atoms with Crippen LogP contribution in [0.15, 0.2) is 36.1 Å². The van der Waals surface area contributed by atoms with Gasteiger partial charge in [0.2, 0.25) is 0 Å². The maximum absolute atomic E-state index is 13.0. The third kappa shape index (κ3) is 3.50. The van der Waals surface area contributed by atoms with Gasteiger partial charge in [-0.05, 0) is 49.7 Å². The summed E-state index contributed by atoms with van der Waals surface area (Å²) in [6, 6.07) is 7.42. The highest BCUT2D eigenvalue weighted by Crippen LogP contribution is 2.49. The van der Waals surface area contributed by atoms with Gasteiger partial charge in [0.1, 0.15) is 18.1 Å². The summed E-state index contributed by atoms with van der Waals surface area (Å²) >= 11 is 0. The molecule has 166 valence electrons. The van der Waals surface area contributed by atoms with E-state index >= 15 is 0 Å². The summed E-state index contributed by atoms with van der Waals surface area (Å²) in [7, 11) is 0. The summed E-state index contributed by atoms with van der Waals surface area (Å²) in [6.45, 7) is 0. The van der Waals surface area contributed by atoms with Crippen LogP contribution in [0, 0.1) is 11.8 Å². The summed E-state index contributed by atoms with van der Waals surface area (Å²) in [5, 5.41) is 0. The molecular formula is C26H32O5. The van der Waals surface area contributed by atoms with Gasteiger partial charge in [-0.3, -0.25) is 4.79 Å². The van der Waals surface area contributed by atoms with E-state index in [0.29, 0.717) is 35.1 Å². The summed E-state index contributed by atoms with van der Waals surface area (Å²) in [5.74, 6) is 0.544. The fourth-order valence-corrected chi connectivity index (χ4v) is 6.37. The molecule has 2 aliphatic carbocycles. The lowest BCUT2D eigenvalue weighted by Crippen LogP contribution is -2.46. The number of carbonyl (C=O) groups is 1. The van der Waals surface area contributed by atoms with E-state index in [9.17, 15) is 4.79 Å². The Morgan fingerprint density at radius 3 is 2.06 bits per heavy atom. The van der Waals surface area contributed by atoms with E-state index in [1.807, 2.05) is 18.2 Å². The molecule has 0 unspecified atom stereocenters. The van der Waals surface area contributed by atoms with Crippen molar-refractivity contribution in [2.75, 3.05) is 0 Å². The average molecular weight is 425 g/mol. The van der Waals surface area contributed by atoms with E-state index < -0.39 is 12.1 Å². The number of benzene rings is 1. The van der Waals surface area contributed by atoms with E-state index in [-0.39, 0.29) is 18.0 Å². The third-order valence-electron chi connectivity index (χ3n) is 7.99. The lowest BCUT2D eigenvalue weighted by atomic mass is 9.77. The molecule has 3 atom stereocenters. The predicted octanol–water partition coefficient (Wildman–Crippen LogP) is 5.53. The molecule has 5 heteroatoms. The highest BCUT2D eigenvalue weighted by Gasteiger charge is 2.57. The van der Waals surface area contributed by atoms with Gasteiger partial charge >= 0.3 is 5.97 Å². The quantitative estimate of drug-likeness (QED) is 0.625. The van der Waals surface area contributed by atoms with Gasteiger partial charge in [-0.25, -0.2) is 0 Å². The Morgan fingerprint density at radius 1 is 0.806 bits per heavy atom. The third-order valence-corrected chi connectivity index (χ3v) is 7.99. The topological polar surface area (TPSA) is 54.0 Å². The van der Waals surface area contributed by atoms with Crippen LogP contribution < -0.4 is 4.74 Å². The lowest BCUT2D eigenvalue weighted by Gasteiger charge is -2.38. The van der Waals surface area contributed by atoms with Gasteiger partial charge in [-0.15, -0.1) is 0 Å². The molecule has 1 aromatic rings. The second kappa shape index (κ2) is 7.93. The maximum Gasteiger partial charge on any atom is 0.331 e. The van der Waals surface area contributed by atoms with Crippen LogP contribution in [-0.2, 0) is 14.2 Å². The van der Waals surface area contributed by atoms with Crippen molar-refractivity contribution >= 4 is 5.78 Å². The molecule has 0 bridgehead atoms. The van der Waals surface area contributed by atoms with Crippen molar-refractivity contribution in [3.05, 3.63) is 41.7 Å². The van der Waals surface area contributed by atoms with Crippen molar-refractivity contribution in [2.45, 2.75) is 94.9 Å². The first kappa shape index (κ1) is 19.8. The molecule has 5 nitrogen and oxygen atoms in total. The van der Waals surface area contributed by atoms with Crippen molar-refractivity contribution < 1.29 is 23.7 Å².